The normalized spacial score (nSPS) is 22.8. The van der Waals surface area contributed by atoms with Gasteiger partial charge < -0.3 is 19.4 Å². The minimum absolute atomic E-state index is 0.0149. The summed E-state index contributed by atoms with van der Waals surface area (Å²) in [5, 5.41) is 3.10. The quantitative estimate of drug-likeness (QED) is 0.662. The molecule has 32 heavy (non-hydrogen) atoms. The van der Waals surface area contributed by atoms with E-state index in [2.05, 4.69) is 10.3 Å². The molecule has 1 aromatic carbocycles. The molecule has 5 rings (SSSR count). The van der Waals surface area contributed by atoms with Crippen LogP contribution in [0, 0.1) is 0 Å². The SMILES string of the molecule is CN(C(=O)c1ccc(-c2cc3ncccc3o2)cc1)[C@@H]1CC[C@H](NC(=O)C2CCCO2)C1. The van der Waals surface area contributed by atoms with Crippen LogP contribution in [0.1, 0.15) is 42.5 Å². The van der Waals surface area contributed by atoms with E-state index in [9.17, 15) is 9.59 Å². The van der Waals surface area contributed by atoms with Gasteiger partial charge in [-0.1, -0.05) is 12.1 Å². The van der Waals surface area contributed by atoms with Crippen LogP contribution in [0.15, 0.2) is 53.1 Å². The lowest BCUT2D eigenvalue weighted by Gasteiger charge is -2.25. The number of pyridine rings is 1. The summed E-state index contributed by atoms with van der Waals surface area (Å²) in [5.74, 6) is 0.698. The van der Waals surface area contributed by atoms with E-state index >= 15 is 0 Å². The molecule has 2 fully saturated rings. The van der Waals surface area contributed by atoms with Crippen molar-refractivity contribution in [2.75, 3.05) is 13.7 Å². The van der Waals surface area contributed by atoms with Gasteiger partial charge in [-0.15, -0.1) is 0 Å². The maximum absolute atomic E-state index is 13.0. The standard InChI is InChI=1S/C25H27N3O4/c1-28(19-11-10-18(14-19)27-24(29)22-5-3-13-31-22)25(30)17-8-6-16(7-9-17)23-15-20-21(32-23)4-2-12-26-20/h2,4,6-9,12,15,18-19,22H,3,5,10-11,13-14H2,1H3,(H,27,29)/t18-,19+,22?/m0/s1. The zero-order chi connectivity index (χ0) is 22.1. The Morgan fingerprint density at radius 2 is 1.97 bits per heavy atom. The van der Waals surface area contributed by atoms with Crippen LogP contribution in [0.25, 0.3) is 22.4 Å². The van der Waals surface area contributed by atoms with E-state index in [0.717, 1.165) is 54.5 Å². The lowest BCUT2D eigenvalue weighted by atomic mass is 10.1. The first-order valence-electron chi connectivity index (χ1n) is 11.2. The smallest absolute Gasteiger partial charge is 0.253 e. The number of benzene rings is 1. The van der Waals surface area contributed by atoms with Crippen LogP contribution in [0.2, 0.25) is 0 Å². The van der Waals surface area contributed by atoms with Gasteiger partial charge in [0.15, 0.2) is 5.58 Å². The molecule has 1 saturated carbocycles. The maximum Gasteiger partial charge on any atom is 0.253 e. The summed E-state index contributed by atoms with van der Waals surface area (Å²) in [6.45, 7) is 0.661. The third kappa shape index (κ3) is 4.12. The molecule has 0 spiro atoms. The topological polar surface area (TPSA) is 84.7 Å². The van der Waals surface area contributed by atoms with Crippen LogP contribution in [0.4, 0.5) is 0 Å². The van der Waals surface area contributed by atoms with Crippen molar-refractivity contribution in [2.45, 2.75) is 50.3 Å². The van der Waals surface area contributed by atoms with Crippen LogP contribution < -0.4 is 5.32 Å². The molecule has 3 atom stereocenters. The number of carbonyl (C=O) groups is 2. The van der Waals surface area contributed by atoms with E-state index < -0.39 is 0 Å². The molecular formula is C25H27N3O4. The van der Waals surface area contributed by atoms with Crippen LogP contribution in [0.5, 0.6) is 0 Å². The number of hydrogen-bond donors (Lipinski definition) is 1. The average Bonchev–Trinajstić information content (AvgIpc) is 3.58. The largest absolute Gasteiger partial charge is 0.454 e. The summed E-state index contributed by atoms with van der Waals surface area (Å²) in [7, 11) is 1.84. The van der Waals surface area contributed by atoms with Gasteiger partial charge in [0.25, 0.3) is 5.91 Å². The number of fused-ring (bicyclic) bond motifs is 1. The molecular weight excluding hydrogens is 406 g/mol. The highest BCUT2D eigenvalue weighted by Gasteiger charge is 2.33. The summed E-state index contributed by atoms with van der Waals surface area (Å²) < 4.78 is 11.3. The molecule has 0 bridgehead atoms. The highest BCUT2D eigenvalue weighted by Crippen LogP contribution is 2.28. The Morgan fingerprint density at radius 1 is 1.12 bits per heavy atom. The molecule has 1 N–H and O–H groups in total. The zero-order valence-electron chi connectivity index (χ0n) is 18.1. The summed E-state index contributed by atoms with van der Waals surface area (Å²) >= 11 is 0. The van der Waals surface area contributed by atoms with Gasteiger partial charge in [-0.2, -0.15) is 0 Å². The Hall–Kier alpha value is -3.19. The van der Waals surface area contributed by atoms with Gasteiger partial charge in [-0.25, -0.2) is 0 Å². The van der Waals surface area contributed by atoms with Gasteiger partial charge in [0, 0.05) is 49.1 Å². The Labute approximate surface area is 186 Å². The van der Waals surface area contributed by atoms with Crippen molar-refractivity contribution in [3.8, 4) is 11.3 Å². The van der Waals surface area contributed by atoms with Gasteiger partial charge >= 0.3 is 0 Å². The second-order valence-corrected chi connectivity index (χ2v) is 8.66. The fraction of sp³-hybridized carbons (Fsp3) is 0.400. The lowest BCUT2D eigenvalue weighted by Crippen LogP contribution is -2.41. The Kier molecular flexibility index (Phi) is 5.66. The molecule has 0 radical (unpaired) electrons. The van der Waals surface area contributed by atoms with E-state index in [4.69, 9.17) is 9.15 Å². The highest BCUT2D eigenvalue weighted by molar-refractivity contribution is 5.95. The Bertz CT molecular complexity index is 1080. The van der Waals surface area contributed by atoms with Crippen molar-refractivity contribution in [1.82, 2.24) is 15.2 Å². The van der Waals surface area contributed by atoms with Crippen molar-refractivity contribution in [1.29, 1.82) is 0 Å². The molecule has 3 heterocycles. The third-order valence-corrected chi connectivity index (χ3v) is 6.55. The van der Waals surface area contributed by atoms with Crippen molar-refractivity contribution in [2.24, 2.45) is 0 Å². The van der Waals surface area contributed by atoms with Crippen molar-refractivity contribution in [3.63, 3.8) is 0 Å². The molecule has 2 aliphatic rings. The molecule has 1 saturated heterocycles. The van der Waals surface area contributed by atoms with Crippen molar-refractivity contribution in [3.05, 3.63) is 54.2 Å². The van der Waals surface area contributed by atoms with Gasteiger partial charge in [0.2, 0.25) is 5.91 Å². The highest BCUT2D eigenvalue weighted by atomic mass is 16.5. The summed E-state index contributed by atoms with van der Waals surface area (Å²) in [6, 6.07) is 13.3. The van der Waals surface area contributed by atoms with Crippen LogP contribution >= 0.6 is 0 Å². The minimum atomic E-state index is -0.311. The molecule has 1 aliphatic carbocycles. The average molecular weight is 434 g/mol. The molecule has 2 amide bonds. The molecule has 7 nitrogen and oxygen atoms in total. The molecule has 166 valence electrons. The lowest BCUT2D eigenvalue weighted by molar-refractivity contribution is -0.130. The van der Waals surface area contributed by atoms with E-state index in [1.807, 2.05) is 49.5 Å². The van der Waals surface area contributed by atoms with Crippen LogP contribution in [-0.2, 0) is 9.53 Å². The third-order valence-electron chi connectivity index (χ3n) is 6.55. The number of furan rings is 1. The molecule has 1 unspecified atom stereocenters. The molecule has 3 aromatic rings. The van der Waals surface area contributed by atoms with Crippen molar-refractivity contribution >= 4 is 22.9 Å². The second-order valence-electron chi connectivity index (χ2n) is 8.66. The van der Waals surface area contributed by atoms with E-state index in [0.29, 0.717) is 12.2 Å². The predicted molar refractivity (Wildman–Crippen MR) is 120 cm³/mol. The number of aromatic nitrogens is 1. The van der Waals surface area contributed by atoms with Gasteiger partial charge in [0.1, 0.15) is 17.4 Å². The second kappa shape index (κ2) is 8.74. The van der Waals surface area contributed by atoms with Crippen molar-refractivity contribution < 1.29 is 18.7 Å². The molecule has 2 aromatic heterocycles. The number of amides is 2. The monoisotopic (exact) mass is 433 g/mol. The van der Waals surface area contributed by atoms with E-state index in [1.54, 1.807) is 11.1 Å². The number of nitrogens with zero attached hydrogens (tertiary/aromatic N) is 2. The number of carbonyl (C=O) groups excluding carboxylic acids is 2. The first kappa shape index (κ1) is 20.7. The predicted octanol–water partition coefficient (Wildman–Crippen LogP) is 3.78. The van der Waals surface area contributed by atoms with Gasteiger partial charge in [-0.3, -0.25) is 14.6 Å². The summed E-state index contributed by atoms with van der Waals surface area (Å²) in [6.07, 6.45) is 5.68. The molecule has 1 aliphatic heterocycles. The van der Waals surface area contributed by atoms with Gasteiger partial charge in [-0.05, 0) is 56.4 Å². The minimum Gasteiger partial charge on any atom is -0.454 e. The summed E-state index contributed by atoms with van der Waals surface area (Å²) in [4.78, 5) is 31.5. The van der Waals surface area contributed by atoms with E-state index in [1.165, 1.54) is 0 Å². The fourth-order valence-corrected chi connectivity index (χ4v) is 4.68. The van der Waals surface area contributed by atoms with Crippen LogP contribution in [0.3, 0.4) is 0 Å². The number of hydrogen-bond acceptors (Lipinski definition) is 5. The number of nitrogens with one attached hydrogen (secondary N) is 1. The van der Waals surface area contributed by atoms with E-state index in [-0.39, 0.29) is 30.0 Å². The van der Waals surface area contributed by atoms with Gasteiger partial charge in [0.05, 0.1) is 0 Å². The first-order chi connectivity index (χ1) is 15.6. The van der Waals surface area contributed by atoms with Crippen LogP contribution in [-0.4, -0.2) is 53.5 Å². The molecule has 7 heteroatoms. The zero-order valence-corrected chi connectivity index (χ0v) is 18.1. The number of ether oxygens (including phenoxy) is 1. The first-order valence-corrected chi connectivity index (χ1v) is 11.2. The summed E-state index contributed by atoms with van der Waals surface area (Å²) in [5.41, 5.74) is 3.09. The Morgan fingerprint density at radius 3 is 2.72 bits per heavy atom. The Balaban J connectivity index is 1.20. The number of rotatable bonds is 5. The maximum atomic E-state index is 13.0. The fourth-order valence-electron chi connectivity index (χ4n) is 4.68.